The molecule has 2 aromatic heterocycles. The van der Waals surface area contributed by atoms with Crippen LogP contribution in [0.15, 0.2) is 24.4 Å². The van der Waals surface area contributed by atoms with Crippen LogP contribution in [0, 0.1) is 23.2 Å². The van der Waals surface area contributed by atoms with E-state index in [-0.39, 0.29) is 23.2 Å². The van der Waals surface area contributed by atoms with Gasteiger partial charge in [0.25, 0.3) is 0 Å². The molecule has 6 nitrogen and oxygen atoms in total. The first-order valence-electron chi connectivity index (χ1n) is 11.0. The van der Waals surface area contributed by atoms with Crippen molar-refractivity contribution in [3.63, 3.8) is 0 Å². The minimum Gasteiger partial charge on any atom is -0.349 e. The van der Waals surface area contributed by atoms with E-state index in [0.717, 1.165) is 61.2 Å². The molecule has 0 spiro atoms. The Balaban J connectivity index is 1.46. The lowest BCUT2D eigenvalue weighted by molar-refractivity contribution is -0.134. The van der Waals surface area contributed by atoms with Gasteiger partial charge in [-0.15, -0.1) is 0 Å². The molecule has 31 heavy (non-hydrogen) atoms. The van der Waals surface area contributed by atoms with E-state index < -0.39 is 5.95 Å². The predicted molar refractivity (Wildman–Crippen MR) is 120 cm³/mol. The second-order valence-corrected chi connectivity index (χ2v) is 10.0. The van der Waals surface area contributed by atoms with Gasteiger partial charge < -0.3 is 10.2 Å². The molecular weight excluding hydrogens is 393 g/mol. The van der Waals surface area contributed by atoms with Crippen LogP contribution in [-0.2, 0) is 17.6 Å². The Morgan fingerprint density at radius 2 is 1.87 bits per heavy atom. The third-order valence-corrected chi connectivity index (χ3v) is 6.63. The quantitative estimate of drug-likeness (QED) is 0.689. The normalized spacial score (nSPS) is 22.1. The molecule has 7 heteroatoms. The van der Waals surface area contributed by atoms with Crippen LogP contribution in [-0.4, -0.2) is 40.1 Å². The van der Waals surface area contributed by atoms with Gasteiger partial charge in [0.2, 0.25) is 11.9 Å². The largest absolute Gasteiger partial charge is 0.349 e. The van der Waals surface area contributed by atoms with Crippen molar-refractivity contribution in [1.29, 1.82) is 0 Å². The smallest absolute Gasteiger partial charge is 0.225 e. The fourth-order valence-corrected chi connectivity index (χ4v) is 5.01. The van der Waals surface area contributed by atoms with Gasteiger partial charge in [0.1, 0.15) is 5.82 Å². The summed E-state index contributed by atoms with van der Waals surface area (Å²) >= 11 is 0. The van der Waals surface area contributed by atoms with E-state index in [1.807, 2.05) is 6.07 Å². The molecule has 0 atom stereocenters. The predicted octanol–water partition coefficient (Wildman–Crippen LogP) is 4.56. The van der Waals surface area contributed by atoms with E-state index in [9.17, 15) is 9.18 Å². The Labute approximate surface area is 183 Å². The van der Waals surface area contributed by atoms with E-state index in [1.165, 1.54) is 11.6 Å². The average Bonchev–Trinajstić information content (AvgIpc) is 3.21. The highest BCUT2D eigenvalue weighted by atomic mass is 19.1. The highest BCUT2D eigenvalue weighted by Gasteiger charge is 2.33. The van der Waals surface area contributed by atoms with Crippen LogP contribution in [0.5, 0.6) is 0 Å². The van der Waals surface area contributed by atoms with Gasteiger partial charge in [0, 0.05) is 48.6 Å². The summed E-state index contributed by atoms with van der Waals surface area (Å²) in [4.78, 5) is 17.9. The zero-order valence-corrected chi connectivity index (χ0v) is 18.9. The van der Waals surface area contributed by atoms with Crippen molar-refractivity contribution in [3.05, 3.63) is 41.6 Å². The second kappa shape index (κ2) is 8.09. The Kier molecular flexibility index (Phi) is 5.62. The zero-order valence-electron chi connectivity index (χ0n) is 18.9. The molecule has 2 N–H and O–H groups in total. The standard InChI is InChI=1S/C24H32FN5O/c1-14(15-6-8-16(9-7-15)23(31)30(4)5)26-21-11-17(10-20(25)27-21)22-18-12-24(2,3)13-19(18)28-29-22/h10-11,15-16H,1,6-9,12-13H2,2-5H3,(H,26,27)(H,28,29). The highest BCUT2D eigenvalue weighted by molar-refractivity contribution is 5.78. The lowest BCUT2D eigenvalue weighted by Crippen LogP contribution is -2.32. The molecular formula is C24H32FN5O. The van der Waals surface area contributed by atoms with Gasteiger partial charge in [-0.05, 0) is 55.9 Å². The zero-order chi connectivity index (χ0) is 22.3. The van der Waals surface area contributed by atoms with Crippen molar-refractivity contribution < 1.29 is 9.18 Å². The molecule has 0 saturated heterocycles. The third kappa shape index (κ3) is 4.50. The summed E-state index contributed by atoms with van der Waals surface area (Å²) in [5.41, 5.74) is 4.85. The second-order valence-electron chi connectivity index (χ2n) is 10.0. The van der Waals surface area contributed by atoms with Crippen LogP contribution < -0.4 is 5.32 Å². The SMILES string of the molecule is C=C(Nc1cc(-c2n[nH]c3c2CC(C)(C)C3)cc(F)n1)C1CCC(C(=O)N(C)C)CC1. The molecule has 0 unspecified atom stereocenters. The van der Waals surface area contributed by atoms with Crippen LogP contribution in [0.1, 0.15) is 50.8 Å². The van der Waals surface area contributed by atoms with Crippen LogP contribution in [0.4, 0.5) is 10.2 Å². The Bertz CT molecular complexity index is 1000. The van der Waals surface area contributed by atoms with Crippen LogP contribution in [0.2, 0.25) is 0 Å². The maximum Gasteiger partial charge on any atom is 0.225 e. The number of aromatic nitrogens is 3. The van der Waals surface area contributed by atoms with Gasteiger partial charge in [0.05, 0.1) is 5.69 Å². The highest BCUT2D eigenvalue weighted by Crippen LogP contribution is 2.40. The monoisotopic (exact) mass is 425 g/mol. The number of amides is 1. The first kappa shape index (κ1) is 21.5. The van der Waals surface area contributed by atoms with Crippen molar-refractivity contribution in [2.24, 2.45) is 17.3 Å². The molecule has 0 radical (unpaired) electrons. The van der Waals surface area contributed by atoms with Crippen molar-refractivity contribution in [3.8, 4) is 11.3 Å². The van der Waals surface area contributed by atoms with Crippen LogP contribution in [0.25, 0.3) is 11.3 Å². The molecule has 0 aliphatic heterocycles. The van der Waals surface area contributed by atoms with Crippen molar-refractivity contribution in [2.45, 2.75) is 52.4 Å². The average molecular weight is 426 g/mol. The summed E-state index contributed by atoms with van der Waals surface area (Å²) in [6.07, 6.45) is 5.34. The van der Waals surface area contributed by atoms with Gasteiger partial charge in [-0.25, -0.2) is 4.98 Å². The Morgan fingerprint density at radius 3 is 2.55 bits per heavy atom. The number of fused-ring (bicyclic) bond motifs is 1. The molecule has 1 amide bonds. The van der Waals surface area contributed by atoms with E-state index >= 15 is 0 Å². The number of H-pyrrole nitrogens is 1. The molecule has 1 fully saturated rings. The number of aromatic amines is 1. The summed E-state index contributed by atoms with van der Waals surface area (Å²) in [7, 11) is 3.61. The molecule has 2 heterocycles. The molecule has 166 valence electrons. The number of carbonyl (C=O) groups is 1. The van der Waals surface area contributed by atoms with E-state index in [4.69, 9.17) is 0 Å². The van der Waals surface area contributed by atoms with E-state index in [0.29, 0.717) is 5.82 Å². The number of anilines is 1. The third-order valence-electron chi connectivity index (χ3n) is 6.63. The number of hydrogen-bond acceptors (Lipinski definition) is 4. The number of nitrogens with one attached hydrogen (secondary N) is 2. The van der Waals surface area contributed by atoms with Crippen molar-refractivity contribution >= 4 is 11.7 Å². The Morgan fingerprint density at radius 1 is 1.19 bits per heavy atom. The summed E-state index contributed by atoms with van der Waals surface area (Å²) < 4.78 is 14.4. The first-order chi connectivity index (χ1) is 14.6. The van der Waals surface area contributed by atoms with Gasteiger partial charge >= 0.3 is 0 Å². The number of hydrogen-bond donors (Lipinski definition) is 2. The topological polar surface area (TPSA) is 73.9 Å². The molecule has 4 rings (SSSR count). The maximum absolute atomic E-state index is 14.4. The van der Waals surface area contributed by atoms with Gasteiger partial charge in [-0.2, -0.15) is 9.49 Å². The molecule has 2 aromatic rings. The number of nitrogens with zero attached hydrogens (tertiary/aromatic N) is 3. The lowest BCUT2D eigenvalue weighted by atomic mass is 9.80. The lowest BCUT2D eigenvalue weighted by Gasteiger charge is -2.30. The summed E-state index contributed by atoms with van der Waals surface area (Å²) in [5, 5.41) is 10.8. The minimum atomic E-state index is -0.540. The number of rotatable bonds is 5. The van der Waals surface area contributed by atoms with Gasteiger partial charge in [0.15, 0.2) is 0 Å². The molecule has 0 aromatic carbocycles. The summed E-state index contributed by atoms with van der Waals surface area (Å²) in [5.74, 6) is 0.435. The molecule has 0 bridgehead atoms. The van der Waals surface area contributed by atoms with Gasteiger partial charge in [-0.1, -0.05) is 20.4 Å². The Hall–Kier alpha value is -2.70. The maximum atomic E-state index is 14.4. The summed E-state index contributed by atoms with van der Waals surface area (Å²) in [6, 6.07) is 3.28. The number of allylic oxidation sites excluding steroid dienone is 1. The summed E-state index contributed by atoms with van der Waals surface area (Å²) in [6.45, 7) is 8.65. The molecule has 2 aliphatic carbocycles. The van der Waals surface area contributed by atoms with E-state index in [2.05, 4.69) is 40.9 Å². The molecule has 2 aliphatic rings. The fourth-order valence-electron chi connectivity index (χ4n) is 5.01. The van der Waals surface area contributed by atoms with E-state index in [1.54, 1.807) is 19.0 Å². The number of carbonyl (C=O) groups excluding carboxylic acids is 1. The number of halogens is 1. The first-order valence-corrected chi connectivity index (χ1v) is 11.0. The molecule has 1 saturated carbocycles. The van der Waals surface area contributed by atoms with Crippen molar-refractivity contribution in [2.75, 3.05) is 19.4 Å². The fraction of sp³-hybridized carbons (Fsp3) is 0.542. The van der Waals surface area contributed by atoms with Crippen molar-refractivity contribution in [1.82, 2.24) is 20.1 Å². The van der Waals surface area contributed by atoms with Crippen LogP contribution >= 0.6 is 0 Å². The minimum absolute atomic E-state index is 0.0870. The van der Waals surface area contributed by atoms with Gasteiger partial charge in [-0.3, -0.25) is 9.89 Å². The number of pyridine rings is 1. The van der Waals surface area contributed by atoms with Crippen LogP contribution in [0.3, 0.4) is 0 Å².